The molecule has 0 radical (unpaired) electrons. The summed E-state index contributed by atoms with van der Waals surface area (Å²) in [5.41, 5.74) is 1.61. The number of nitrogens with one attached hydrogen (secondary N) is 1. The molecule has 0 bridgehead atoms. The van der Waals surface area contributed by atoms with Gasteiger partial charge in [0.1, 0.15) is 0 Å². The van der Waals surface area contributed by atoms with E-state index < -0.39 is 10.0 Å². The van der Waals surface area contributed by atoms with Gasteiger partial charge in [-0.25, -0.2) is 13.6 Å². The minimum atomic E-state index is -3.70. The fraction of sp³-hybridized carbons (Fsp3) is 0.143. The van der Waals surface area contributed by atoms with E-state index >= 15 is 0 Å². The summed E-state index contributed by atoms with van der Waals surface area (Å²) in [4.78, 5) is 0.0994. The number of anilines is 1. The van der Waals surface area contributed by atoms with Gasteiger partial charge in [0.2, 0.25) is 10.0 Å². The van der Waals surface area contributed by atoms with Crippen molar-refractivity contribution in [3.63, 3.8) is 0 Å². The van der Waals surface area contributed by atoms with E-state index in [4.69, 9.17) is 16.7 Å². The quantitative estimate of drug-likeness (QED) is 0.717. The molecule has 7 heteroatoms. The molecule has 0 saturated carbocycles. The topological polar surface area (TPSA) is 72.2 Å². The van der Waals surface area contributed by atoms with Crippen LogP contribution in [-0.2, 0) is 10.0 Å². The number of hydrogen-bond donors (Lipinski definition) is 2. The van der Waals surface area contributed by atoms with Crippen molar-refractivity contribution in [2.75, 3.05) is 5.32 Å². The number of halogens is 2. The van der Waals surface area contributed by atoms with Crippen LogP contribution in [-0.4, -0.2) is 8.42 Å². The van der Waals surface area contributed by atoms with Crippen molar-refractivity contribution in [2.45, 2.75) is 17.9 Å². The Morgan fingerprint density at radius 2 is 1.95 bits per heavy atom. The van der Waals surface area contributed by atoms with Crippen LogP contribution in [0.1, 0.15) is 18.5 Å². The monoisotopic (exact) mass is 436 g/mol. The third kappa shape index (κ3) is 4.32. The van der Waals surface area contributed by atoms with Crippen LogP contribution in [0.15, 0.2) is 47.4 Å². The van der Waals surface area contributed by atoms with Gasteiger partial charge in [-0.15, -0.1) is 0 Å². The lowest BCUT2D eigenvalue weighted by Gasteiger charge is -2.17. The van der Waals surface area contributed by atoms with Crippen LogP contribution >= 0.6 is 34.2 Å². The van der Waals surface area contributed by atoms with Crippen LogP contribution in [0.5, 0.6) is 0 Å². The molecule has 1 atom stereocenters. The third-order valence-electron chi connectivity index (χ3n) is 2.99. The van der Waals surface area contributed by atoms with Crippen molar-refractivity contribution in [3.8, 4) is 0 Å². The van der Waals surface area contributed by atoms with E-state index in [1.165, 1.54) is 6.07 Å². The minimum absolute atomic E-state index is 0.0994. The lowest BCUT2D eigenvalue weighted by molar-refractivity contribution is 0.597. The SMILES string of the molecule is CC(Nc1ccc(I)cc1Cl)c1cccc(S(N)(=O)=O)c1. The summed E-state index contributed by atoms with van der Waals surface area (Å²) < 4.78 is 23.8. The van der Waals surface area contributed by atoms with E-state index in [9.17, 15) is 8.42 Å². The first-order chi connectivity index (χ1) is 9.77. The molecule has 2 aromatic rings. The Bertz CT molecular complexity index is 765. The van der Waals surface area contributed by atoms with Crippen LogP contribution in [0.25, 0.3) is 0 Å². The standard InChI is InChI=1S/C14H14ClIN2O2S/c1-9(18-14-6-5-11(16)8-13(14)15)10-3-2-4-12(7-10)21(17,19)20/h2-9,18H,1H3,(H2,17,19,20). The van der Waals surface area contributed by atoms with Crippen LogP contribution in [0, 0.1) is 3.57 Å². The molecule has 4 nitrogen and oxygen atoms in total. The van der Waals surface area contributed by atoms with Gasteiger partial charge in [-0.1, -0.05) is 23.7 Å². The van der Waals surface area contributed by atoms with Crippen molar-refractivity contribution < 1.29 is 8.42 Å². The molecular formula is C14H14ClIN2O2S. The number of benzene rings is 2. The highest BCUT2D eigenvalue weighted by Crippen LogP contribution is 2.28. The first kappa shape index (κ1) is 16.5. The summed E-state index contributed by atoms with van der Waals surface area (Å²) >= 11 is 8.37. The molecule has 0 aliphatic heterocycles. The zero-order valence-corrected chi connectivity index (χ0v) is 14.9. The van der Waals surface area contributed by atoms with Crippen molar-refractivity contribution in [2.24, 2.45) is 5.14 Å². The maximum Gasteiger partial charge on any atom is 0.238 e. The van der Waals surface area contributed by atoms with E-state index in [-0.39, 0.29) is 10.9 Å². The van der Waals surface area contributed by atoms with Gasteiger partial charge >= 0.3 is 0 Å². The van der Waals surface area contributed by atoms with Crippen molar-refractivity contribution in [1.82, 2.24) is 0 Å². The van der Waals surface area contributed by atoms with Crippen molar-refractivity contribution in [1.29, 1.82) is 0 Å². The summed E-state index contributed by atoms with van der Waals surface area (Å²) in [6.45, 7) is 1.93. The van der Waals surface area contributed by atoms with Crippen LogP contribution in [0.2, 0.25) is 5.02 Å². The first-order valence-corrected chi connectivity index (χ1v) is 9.12. The molecule has 0 fully saturated rings. The average Bonchev–Trinajstić information content (AvgIpc) is 2.41. The zero-order valence-electron chi connectivity index (χ0n) is 11.2. The molecule has 2 aromatic carbocycles. The molecule has 112 valence electrons. The van der Waals surface area contributed by atoms with Gasteiger partial charge in [-0.2, -0.15) is 0 Å². The summed E-state index contributed by atoms with van der Waals surface area (Å²) in [6.07, 6.45) is 0. The molecule has 0 spiro atoms. The fourth-order valence-electron chi connectivity index (χ4n) is 1.88. The van der Waals surface area contributed by atoms with Crippen LogP contribution in [0.4, 0.5) is 5.69 Å². The first-order valence-electron chi connectivity index (χ1n) is 6.12. The normalized spacial score (nSPS) is 13.0. The number of primary sulfonamides is 1. The average molecular weight is 437 g/mol. The molecular weight excluding hydrogens is 423 g/mol. The molecule has 3 N–H and O–H groups in total. The summed E-state index contributed by atoms with van der Waals surface area (Å²) in [5, 5.41) is 9.03. The van der Waals surface area contributed by atoms with Gasteiger partial charge in [-0.05, 0) is 65.4 Å². The molecule has 21 heavy (non-hydrogen) atoms. The van der Waals surface area contributed by atoms with Gasteiger partial charge < -0.3 is 5.32 Å². The van der Waals surface area contributed by atoms with E-state index in [0.717, 1.165) is 14.8 Å². The van der Waals surface area contributed by atoms with E-state index in [0.29, 0.717) is 5.02 Å². The molecule has 0 aromatic heterocycles. The zero-order chi connectivity index (χ0) is 15.6. The van der Waals surface area contributed by atoms with Gasteiger partial charge in [0.05, 0.1) is 15.6 Å². The highest BCUT2D eigenvalue weighted by Gasteiger charge is 2.12. The lowest BCUT2D eigenvalue weighted by Crippen LogP contribution is -2.13. The molecule has 0 aliphatic carbocycles. The van der Waals surface area contributed by atoms with E-state index in [1.54, 1.807) is 12.1 Å². The summed E-state index contributed by atoms with van der Waals surface area (Å²) in [7, 11) is -3.70. The number of hydrogen-bond acceptors (Lipinski definition) is 3. The molecule has 0 heterocycles. The van der Waals surface area contributed by atoms with E-state index in [1.807, 2.05) is 31.2 Å². The lowest BCUT2D eigenvalue weighted by atomic mass is 10.1. The predicted molar refractivity (Wildman–Crippen MR) is 94.0 cm³/mol. The highest BCUT2D eigenvalue weighted by atomic mass is 127. The molecule has 0 aliphatic rings. The highest BCUT2D eigenvalue weighted by molar-refractivity contribution is 14.1. The number of sulfonamides is 1. The second kappa shape index (κ2) is 6.51. The predicted octanol–water partition coefficient (Wildman–Crippen LogP) is 3.77. The van der Waals surface area contributed by atoms with Gasteiger partial charge in [0.15, 0.2) is 0 Å². The second-order valence-electron chi connectivity index (χ2n) is 4.61. The molecule has 1 unspecified atom stereocenters. The number of nitrogens with two attached hydrogens (primary N) is 1. The maximum absolute atomic E-state index is 11.4. The van der Waals surface area contributed by atoms with Gasteiger partial charge in [0, 0.05) is 9.61 Å². The Balaban J connectivity index is 2.26. The Morgan fingerprint density at radius 1 is 1.24 bits per heavy atom. The van der Waals surface area contributed by atoms with Crippen LogP contribution < -0.4 is 10.5 Å². The second-order valence-corrected chi connectivity index (χ2v) is 7.82. The van der Waals surface area contributed by atoms with E-state index in [2.05, 4.69) is 27.9 Å². The smallest absolute Gasteiger partial charge is 0.238 e. The molecule has 0 amide bonds. The Kier molecular flexibility index (Phi) is 5.13. The Hall–Kier alpha value is -0.830. The summed E-state index contributed by atoms with van der Waals surface area (Å²) in [6, 6.07) is 12.1. The molecule has 2 rings (SSSR count). The van der Waals surface area contributed by atoms with Crippen molar-refractivity contribution >= 4 is 49.9 Å². The fourth-order valence-corrected chi connectivity index (χ4v) is 3.36. The number of rotatable bonds is 4. The minimum Gasteiger partial charge on any atom is -0.377 e. The Labute approximate surface area is 142 Å². The molecule has 0 saturated heterocycles. The van der Waals surface area contributed by atoms with Gasteiger partial charge in [-0.3, -0.25) is 0 Å². The van der Waals surface area contributed by atoms with Crippen LogP contribution in [0.3, 0.4) is 0 Å². The third-order valence-corrected chi connectivity index (χ3v) is 4.88. The largest absolute Gasteiger partial charge is 0.377 e. The van der Waals surface area contributed by atoms with Crippen molar-refractivity contribution in [3.05, 3.63) is 56.6 Å². The summed E-state index contributed by atoms with van der Waals surface area (Å²) in [5.74, 6) is 0. The maximum atomic E-state index is 11.4. The van der Waals surface area contributed by atoms with Gasteiger partial charge in [0.25, 0.3) is 0 Å². The Morgan fingerprint density at radius 3 is 2.57 bits per heavy atom.